The van der Waals surface area contributed by atoms with Gasteiger partial charge in [0.15, 0.2) is 0 Å². The monoisotopic (exact) mass is 233 g/mol. The first kappa shape index (κ1) is 12.8. The topological polar surface area (TPSA) is 84.2 Å². The van der Waals surface area contributed by atoms with Crippen LogP contribution in [0.25, 0.3) is 0 Å². The van der Waals surface area contributed by atoms with Gasteiger partial charge in [-0.3, -0.25) is 4.79 Å². The summed E-state index contributed by atoms with van der Waals surface area (Å²) in [5.41, 5.74) is 6.05. The molecule has 90 valence electrons. The van der Waals surface area contributed by atoms with E-state index in [1.54, 1.807) is 30.3 Å². The zero-order valence-electron chi connectivity index (χ0n) is 9.40. The number of nitrogens with two attached hydrogens (primary N) is 1. The molecule has 0 heterocycles. The van der Waals surface area contributed by atoms with E-state index in [0.29, 0.717) is 17.8 Å². The minimum atomic E-state index is -0.631. The van der Waals surface area contributed by atoms with Gasteiger partial charge in [0.25, 0.3) is 5.91 Å². The number of amides is 3. The molecule has 1 aromatic carbocycles. The molecule has 1 aromatic rings. The lowest BCUT2D eigenvalue weighted by molar-refractivity contribution is 0.0954. The van der Waals surface area contributed by atoms with E-state index in [4.69, 9.17) is 5.73 Å². The number of urea groups is 1. The summed E-state index contributed by atoms with van der Waals surface area (Å²) in [6.07, 6.45) is 2.47. The van der Waals surface area contributed by atoms with Gasteiger partial charge in [-0.25, -0.2) is 4.79 Å². The second-order valence-electron chi connectivity index (χ2n) is 3.40. The number of primary amides is 1. The molecule has 0 radical (unpaired) electrons. The van der Waals surface area contributed by atoms with Crippen LogP contribution in [0.3, 0.4) is 0 Å². The first-order chi connectivity index (χ1) is 8.13. The Bertz CT molecular complexity index is 412. The van der Waals surface area contributed by atoms with Gasteiger partial charge in [-0.1, -0.05) is 6.08 Å². The normalized spacial score (nSPS) is 9.41. The highest BCUT2D eigenvalue weighted by molar-refractivity contribution is 5.95. The van der Waals surface area contributed by atoms with Gasteiger partial charge >= 0.3 is 6.03 Å². The number of carbonyl (C=O) groups excluding carboxylic acids is 2. The SMILES string of the molecule is C=CCCNC(=O)c1ccc(NC(N)=O)cc1. The zero-order chi connectivity index (χ0) is 12.7. The van der Waals surface area contributed by atoms with Gasteiger partial charge in [0.2, 0.25) is 0 Å². The van der Waals surface area contributed by atoms with Crippen LogP contribution >= 0.6 is 0 Å². The van der Waals surface area contributed by atoms with Crippen molar-refractivity contribution in [2.24, 2.45) is 5.73 Å². The number of benzene rings is 1. The van der Waals surface area contributed by atoms with E-state index < -0.39 is 6.03 Å². The summed E-state index contributed by atoms with van der Waals surface area (Å²) < 4.78 is 0. The van der Waals surface area contributed by atoms with Crippen molar-refractivity contribution < 1.29 is 9.59 Å². The molecule has 5 heteroatoms. The van der Waals surface area contributed by atoms with E-state index in [9.17, 15) is 9.59 Å². The Balaban J connectivity index is 2.57. The van der Waals surface area contributed by atoms with Crippen molar-refractivity contribution in [2.75, 3.05) is 11.9 Å². The van der Waals surface area contributed by atoms with E-state index in [1.165, 1.54) is 0 Å². The van der Waals surface area contributed by atoms with Crippen LogP contribution in [-0.2, 0) is 0 Å². The minimum Gasteiger partial charge on any atom is -0.352 e. The van der Waals surface area contributed by atoms with E-state index in [2.05, 4.69) is 17.2 Å². The molecule has 0 aliphatic rings. The van der Waals surface area contributed by atoms with Crippen LogP contribution in [0.15, 0.2) is 36.9 Å². The van der Waals surface area contributed by atoms with Crippen molar-refractivity contribution in [3.05, 3.63) is 42.5 Å². The predicted molar refractivity (Wildman–Crippen MR) is 66.8 cm³/mol. The van der Waals surface area contributed by atoms with E-state index >= 15 is 0 Å². The van der Waals surface area contributed by atoms with E-state index in [1.807, 2.05) is 0 Å². The van der Waals surface area contributed by atoms with Crippen molar-refractivity contribution in [3.63, 3.8) is 0 Å². The Hall–Kier alpha value is -2.30. The first-order valence-electron chi connectivity index (χ1n) is 5.19. The molecule has 1 rings (SSSR count). The van der Waals surface area contributed by atoms with Gasteiger partial charge in [-0.05, 0) is 30.7 Å². The number of anilines is 1. The second-order valence-corrected chi connectivity index (χ2v) is 3.40. The molecule has 0 atom stereocenters. The lowest BCUT2D eigenvalue weighted by Gasteiger charge is -2.05. The Morgan fingerprint density at radius 3 is 2.47 bits per heavy atom. The molecule has 4 N–H and O–H groups in total. The van der Waals surface area contributed by atoms with Gasteiger partial charge in [-0.2, -0.15) is 0 Å². The zero-order valence-corrected chi connectivity index (χ0v) is 9.40. The minimum absolute atomic E-state index is 0.155. The maximum Gasteiger partial charge on any atom is 0.316 e. The van der Waals surface area contributed by atoms with Crippen LogP contribution in [-0.4, -0.2) is 18.5 Å². The molecular formula is C12H15N3O2. The summed E-state index contributed by atoms with van der Waals surface area (Å²) in [6, 6.07) is 5.84. The van der Waals surface area contributed by atoms with Gasteiger partial charge in [0.05, 0.1) is 0 Å². The molecule has 0 saturated heterocycles. The summed E-state index contributed by atoms with van der Waals surface area (Å²) in [5, 5.41) is 5.15. The molecular weight excluding hydrogens is 218 g/mol. The first-order valence-corrected chi connectivity index (χ1v) is 5.19. The number of hydrogen-bond acceptors (Lipinski definition) is 2. The molecule has 0 saturated carbocycles. The molecule has 0 aliphatic carbocycles. The van der Waals surface area contributed by atoms with Crippen molar-refractivity contribution >= 4 is 17.6 Å². The summed E-state index contributed by atoms with van der Waals surface area (Å²) >= 11 is 0. The summed E-state index contributed by atoms with van der Waals surface area (Å²) in [7, 11) is 0. The van der Waals surface area contributed by atoms with Gasteiger partial charge in [0, 0.05) is 17.8 Å². The number of nitrogens with one attached hydrogen (secondary N) is 2. The molecule has 17 heavy (non-hydrogen) atoms. The highest BCUT2D eigenvalue weighted by Gasteiger charge is 2.04. The average molecular weight is 233 g/mol. The molecule has 0 aromatic heterocycles. The van der Waals surface area contributed by atoms with E-state index in [0.717, 1.165) is 6.42 Å². The van der Waals surface area contributed by atoms with Gasteiger partial charge in [-0.15, -0.1) is 6.58 Å². The molecule has 3 amide bonds. The third kappa shape index (κ3) is 4.38. The highest BCUT2D eigenvalue weighted by Crippen LogP contribution is 2.09. The summed E-state index contributed by atoms with van der Waals surface area (Å²) in [4.78, 5) is 22.2. The van der Waals surface area contributed by atoms with Crippen molar-refractivity contribution in [1.82, 2.24) is 5.32 Å². The maximum atomic E-state index is 11.6. The molecule has 0 unspecified atom stereocenters. The highest BCUT2D eigenvalue weighted by atomic mass is 16.2. The van der Waals surface area contributed by atoms with Crippen LogP contribution in [0.1, 0.15) is 16.8 Å². The van der Waals surface area contributed by atoms with Crippen molar-refractivity contribution in [3.8, 4) is 0 Å². The Kier molecular flexibility index (Phi) is 4.75. The third-order valence-electron chi connectivity index (χ3n) is 2.05. The molecule has 0 aliphatic heterocycles. The smallest absolute Gasteiger partial charge is 0.316 e. The Morgan fingerprint density at radius 1 is 1.29 bits per heavy atom. The lowest BCUT2D eigenvalue weighted by Crippen LogP contribution is -2.24. The molecule has 0 spiro atoms. The summed E-state index contributed by atoms with van der Waals surface area (Å²) in [6.45, 7) is 4.13. The van der Waals surface area contributed by atoms with Crippen LogP contribution in [0.5, 0.6) is 0 Å². The lowest BCUT2D eigenvalue weighted by atomic mass is 10.2. The van der Waals surface area contributed by atoms with Crippen LogP contribution < -0.4 is 16.4 Å². The quantitative estimate of drug-likeness (QED) is 0.531. The molecule has 5 nitrogen and oxygen atoms in total. The molecule has 0 fully saturated rings. The number of hydrogen-bond donors (Lipinski definition) is 3. The fourth-order valence-corrected chi connectivity index (χ4v) is 1.24. The Labute approximate surface area is 99.7 Å². The van der Waals surface area contributed by atoms with E-state index in [-0.39, 0.29) is 5.91 Å². The molecule has 0 bridgehead atoms. The standard InChI is InChI=1S/C12H15N3O2/c1-2-3-8-14-11(16)9-4-6-10(7-5-9)15-12(13)17/h2,4-7H,1,3,8H2,(H,14,16)(H3,13,15,17). The number of rotatable bonds is 5. The van der Waals surface area contributed by atoms with Crippen LogP contribution in [0.2, 0.25) is 0 Å². The third-order valence-corrected chi connectivity index (χ3v) is 2.05. The largest absolute Gasteiger partial charge is 0.352 e. The van der Waals surface area contributed by atoms with Gasteiger partial charge < -0.3 is 16.4 Å². The van der Waals surface area contributed by atoms with Crippen LogP contribution in [0.4, 0.5) is 10.5 Å². The second kappa shape index (κ2) is 6.32. The summed E-state index contributed by atoms with van der Waals surface area (Å²) in [5.74, 6) is -0.155. The number of carbonyl (C=O) groups is 2. The fourth-order valence-electron chi connectivity index (χ4n) is 1.24. The maximum absolute atomic E-state index is 11.6. The van der Waals surface area contributed by atoms with Gasteiger partial charge in [0.1, 0.15) is 0 Å². The van der Waals surface area contributed by atoms with Crippen molar-refractivity contribution in [1.29, 1.82) is 0 Å². The average Bonchev–Trinajstić information content (AvgIpc) is 2.29. The predicted octanol–water partition coefficient (Wildman–Crippen LogP) is 1.48. The van der Waals surface area contributed by atoms with Crippen LogP contribution in [0, 0.1) is 0 Å². The van der Waals surface area contributed by atoms with Crippen molar-refractivity contribution in [2.45, 2.75) is 6.42 Å². The Morgan fingerprint density at radius 2 is 1.94 bits per heavy atom. The fraction of sp³-hybridized carbons (Fsp3) is 0.167.